The number of fused-ring (bicyclic) bond motifs is 1. The van der Waals surface area contributed by atoms with Gasteiger partial charge in [0.2, 0.25) is 0 Å². The van der Waals surface area contributed by atoms with Crippen molar-refractivity contribution in [1.82, 2.24) is 15.3 Å². The highest BCUT2D eigenvalue weighted by Gasteiger charge is 2.27. The van der Waals surface area contributed by atoms with Gasteiger partial charge in [-0.2, -0.15) is 0 Å². The van der Waals surface area contributed by atoms with Gasteiger partial charge in [0.05, 0.1) is 23.4 Å². The molecule has 0 aliphatic carbocycles. The second-order valence-electron chi connectivity index (χ2n) is 7.04. The van der Waals surface area contributed by atoms with Crippen LogP contribution >= 0.6 is 0 Å². The molecule has 3 aromatic rings. The number of aromatic amines is 1. The van der Waals surface area contributed by atoms with Gasteiger partial charge in [-0.25, -0.2) is 13.4 Å². The molecule has 3 heterocycles. The fourth-order valence-electron chi connectivity index (χ4n) is 3.50. The van der Waals surface area contributed by atoms with Gasteiger partial charge in [-0.15, -0.1) is 0 Å². The summed E-state index contributed by atoms with van der Waals surface area (Å²) >= 11 is 0. The smallest absolute Gasteiger partial charge is 0.269 e. The van der Waals surface area contributed by atoms with E-state index in [2.05, 4.69) is 26.7 Å². The first-order chi connectivity index (χ1) is 13.5. The first kappa shape index (κ1) is 18.5. The Kier molecular flexibility index (Phi) is 5.04. The van der Waals surface area contributed by atoms with Crippen LogP contribution < -0.4 is 10.6 Å². The third-order valence-corrected chi connectivity index (χ3v) is 6.72. The van der Waals surface area contributed by atoms with Crippen LogP contribution in [-0.2, 0) is 16.3 Å². The number of amides is 1. The summed E-state index contributed by atoms with van der Waals surface area (Å²) in [4.78, 5) is 19.7. The highest BCUT2D eigenvalue weighted by molar-refractivity contribution is 7.91. The SMILES string of the molecule is O=C(NCCc1c[nH]c2ccccc12)c1ccc(NC2CCS(=O)(=O)C2)cn1. The van der Waals surface area contributed by atoms with Gasteiger partial charge in [0, 0.05) is 29.7 Å². The lowest BCUT2D eigenvalue weighted by Gasteiger charge is -2.12. The van der Waals surface area contributed by atoms with E-state index in [1.807, 2.05) is 24.4 Å². The van der Waals surface area contributed by atoms with Gasteiger partial charge in [0.1, 0.15) is 5.69 Å². The van der Waals surface area contributed by atoms with E-state index in [0.717, 1.165) is 23.2 Å². The van der Waals surface area contributed by atoms with Crippen molar-refractivity contribution in [3.63, 3.8) is 0 Å². The summed E-state index contributed by atoms with van der Waals surface area (Å²) in [6.45, 7) is 0.516. The van der Waals surface area contributed by atoms with E-state index in [0.29, 0.717) is 18.7 Å². The fraction of sp³-hybridized carbons (Fsp3) is 0.300. The molecule has 1 aliphatic rings. The predicted octanol–water partition coefficient (Wildman–Crippen LogP) is 2.13. The second kappa shape index (κ2) is 7.63. The van der Waals surface area contributed by atoms with E-state index in [9.17, 15) is 13.2 Å². The lowest BCUT2D eigenvalue weighted by Crippen LogP contribution is -2.26. The average molecular weight is 398 g/mol. The molecule has 0 spiro atoms. The molecule has 1 saturated heterocycles. The second-order valence-corrected chi connectivity index (χ2v) is 9.27. The number of carbonyl (C=O) groups excluding carboxylic acids is 1. The number of pyridine rings is 1. The van der Waals surface area contributed by atoms with Gasteiger partial charge in [0.15, 0.2) is 9.84 Å². The first-order valence-electron chi connectivity index (χ1n) is 9.26. The normalized spacial score (nSPS) is 18.2. The molecular weight excluding hydrogens is 376 g/mol. The molecule has 8 heteroatoms. The Morgan fingerprint density at radius 1 is 1.21 bits per heavy atom. The van der Waals surface area contributed by atoms with Crippen molar-refractivity contribution in [3.05, 3.63) is 60.0 Å². The van der Waals surface area contributed by atoms with Crippen molar-refractivity contribution >= 4 is 32.3 Å². The summed E-state index contributed by atoms with van der Waals surface area (Å²) in [5.41, 5.74) is 3.31. The van der Waals surface area contributed by atoms with E-state index in [-0.39, 0.29) is 23.5 Å². The van der Waals surface area contributed by atoms with E-state index in [1.54, 1.807) is 18.3 Å². The Morgan fingerprint density at radius 2 is 2.07 bits per heavy atom. The lowest BCUT2D eigenvalue weighted by molar-refractivity contribution is 0.0949. The Morgan fingerprint density at radius 3 is 2.82 bits per heavy atom. The number of hydrogen-bond acceptors (Lipinski definition) is 5. The maximum Gasteiger partial charge on any atom is 0.269 e. The molecule has 3 N–H and O–H groups in total. The topological polar surface area (TPSA) is 104 Å². The quantitative estimate of drug-likeness (QED) is 0.590. The van der Waals surface area contributed by atoms with Crippen molar-refractivity contribution in [1.29, 1.82) is 0 Å². The van der Waals surface area contributed by atoms with Crippen LogP contribution in [0.5, 0.6) is 0 Å². The third kappa shape index (κ3) is 4.17. The molecule has 28 heavy (non-hydrogen) atoms. The molecule has 2 aromatic heterocycles. The van der Waals surface area contributed by atoms with Crippen molar-refractivity contribution in [2.45, 2.75) is 18.9 Å². The molecular formula is C20H22N4O3S. The molecule has 1 atom stereocenters. The molecule has 7 nitrogen and oxygen atoms in total. The number of aromatic nitrogens is 2. The van der Waals surface area contributed by atoms with Gasteiger partial charge in [-0.3, -0.25) is 4.79 Å². The Labute approximate surface area is 163 Å². The summed E-state index contributed by atoms with van der Waals surface area (Å²) in [5.74, 6) is 0.132. The van der Waals surface area contributed by atoms with Crippen molar-refractivity contribution < 1.29 is 13.2 Å². The van der Waals surface area contributed by atoms with Crippen LogP contribution in [0.1, 0.15) is 22.5 Å². The van der Waals surface area contributed by atoms with Crippen molar-refractivity contribution in [2.75, 3.05) is 23.4 Å². The van der Waals surface area contributed by atoms with Crippen LogP contribution in [0.3, 0.4) is 0 Å². The number of para-hydroxylation sites is 1. The molecule has 146 valence electrons. The predicted molar refractivity (Wildman–Crippen MR) is 109 cm³/mol. The Balaban J connectivity index is 1.30. The van der Waals surface area contributed by atoms with Crippen LogP contribution in [0, 0.1) is 0 Å². The Bertz CT molecular complexity index is 1090. The van der Waals surface area contributed by atoms with Crippen molar-refractivity contribution in [2.24, 2.45) is 0 Å². The zero-order chi connectivity index (χ0) is 19.6. The minimum atomic E-state index is -2.93. The number of anilines is 1. The molecule has 4 rings (SSSR count). The van der Waals surface area contributed by atoms with Gasteiger partial charge >= 0.3 is 0 Å². The molecule has 1 aliphatic heterocycles. The van der Waals surface area contributed by atoms with Gasteiger partial charge in [-0.1, -0.05) is 18.2 Å². The number of hydrogen-bond donors (Lipinski definition) is 3. The molecule has 0 saturated carbocycles. The molecule has 1 fully saturated rings. The van der Waals surface area contributed by atoms with Crippen LogP contribution in [0.2, 0.25) is 0 Å². The largest absolute Gasteiger partial charge is 0.380 e. The zero-order valence-electron chi connectivity index (χ0n) is 15.3. The van der Waals surface area contributed by atoms with E-state index < -0.39 is 9.84 Å². The standard InChI is InChI=1S/C20H22N4O3S/c25-20(21-9-7-14-11-22-18-4-2-1-3-17(14)18)19-6-5-15(12-23-19)24-16-8-10-28(26,27)13-16/h1-6,11-12,16,22,24H,7-10,13H2,(H,21,25). The van der Waals surface area contributed by atoms with E-state index >= 15 is 0 Å². The summed E-state index contributed by atoms with van der Waals surface area (Å²) in [6.07, 6.45) is 4.86. The zero-order valence-corrected chi connectivity index (χ0v) is 16.1. The van der Waals surface area contributed by atoms with Gasteiger partial charge in [0.25, 0.3) is 5.91 Å². The van der Waals surface area contributed by atoms with Crippen LogP contribution in [0.25, 0.3) is 10.9 Å². The number of benzene rings is 1. The Hall–Kier alpha value is -2.87. The molecule has 1 aromatic carbocycles. The van der Waals surface area contributed by atoms with Crippen LogP contribution in [-0.4, -0.2) is 48.4 Å². The number of H-pyrrole nitrogens is 1. The van der Waals surface area contributed by atoms with Gasteiger partial charge < -0.3 is 15.6 Å². The number of rotatable bonds is 6. The number of carbonyl (C=O) groups is 1. The summed E-state index contributed by atoms with van der Waals surface area (Å²) in [6, 6.07) is 11.4. The fourth-order valence-corrected chi connectivity index (χ4v) is 5.17. The molecule has 1 unspecified atom stereocenters. The molecule has 1 amide bonds. The molecule has 0 radical (unpaired) electrons. The van der Waals surface area contributed by atoms with E-state index in [1.165, 1.54) is 5.39 Å². The van der Waals surface area contributed by atoms with Crippen molar-refractivity contribution in [3.8, 4) is 0 Å². The summed E-state index contributed by atoms with van der Waals surface area (Å²) < 4.78 is 23.0. The summed E-state index contributed by atoms with van der Waals surface area (Å²) in [5, 5.41) is 7.22. The number of nitrogens with one attached hydrogen (secondary N) is 3. The maximum atomic E-state index is 12.3. The maximum absolute atomic E-state index is 12.3. The van der Waals surface area contributed by atoms with E-state index in [4.69, 9.17) is 0 Å². The number of nitrogens with zero attached hydrogens (tertiary/aromatic N) is 1. The monoisotopic (exact) mass is 398 g/mol. The summed E-state index contributed by atoms with van der Waals surface area (Å²) in [7, 11) is -2.93. The third-order valence-electron chi connectivity index (χ3n) is 4.95. The first-order valence-corrected chi connectivity index (χ1v) is 11.1. The minimum absolute atomic E-state index is 0.0948. The lowest BCUT2D eigenvalue weighted by atomic mass is 10.1. The highest BCUT2D eigenvalue weighted by atomic mass is 32.2. The van der Waals surface area contributed by atoms with Crippen LogP contribution in [0.4, 0.5) is 5.69 Å². The van der Waals surface area contributed by atoms with Crippen LogP contribution in [0.15, 0.2) is 48.8 Å². The molecule has 0 bridgehead atoms. The highest BCUT2D eigenvalue weighted by Crippen LogP contribution is 2.18. The van der Waals surface area contributed by atoms with Gasteiger partial charge in [-0.05, 0) is 36.6 Å². The minimum Gasteiger partial charge on any atom is -0.380 e. The average Bonchev–Trinajstić information content (AvgIpc) is 3.25. The number of sulfone groups is 1.